The minimum atomic E-state index is 0.376. The average Bonchev–Trinajstić information content (AvgIpc) is 2.92. The molecule has 3 rings (SSSR count). The van der Waals surface area contributed by atoms with Crippen LogP contribution in [0.3, 0.4) is 0 Å². The maximum atomic E-state index is 5.89. The fourth-order valence-corrected chi connectivity index (χ4v) is 3.68. The molecule has 1 aliphatic carbocycles. The Morgan fingerprint density at radius 1 is 1.30 bits per heavy atom. The van der Waals surface area contributed by atoms with Crippen molar-refractivity contribution in [3.8, 4) is 0 Å². The molecule has 2 aliphatic rings. The number of hydrogen-bond acceptors (Lipinski definition) is 5. The standard InChI is InChI=1S/C15H25N5/c1-2-8-17-13-10-14(19-15(16)18-13)20-9-4-6-11-5-3-7-12(11)20/h10-12H,2-9H2,1H3,(H3,16,17,18,19). The van der Waals surface area contributed by atoms with Crippen LogP contribution in [0.25, 0.3) is 0 Å². The van der Waals surface area contributed by atoms with Gasteiger partial charge < -0.3 is 16.0 Å². The summed E-state index contributed by atoms with van der Waals surface area (Å²) in [5.41, 5.74) is 5.89. The molecule has 5 nitrogen and oxygen atoms in total. The second kappa shape index (κ2) is 5.85. The van der Waals surface area contributed by atoms with Crippen LogP contribution in [0.15, 0.2) is 6.07 Å². The lowest BCUT2D eigenvalue weighted by Crippen LogP contribution is -2.43. The molecule has 0 bridgehead atoms. The van der Waals surface area contributed by atoms with Crippen molar-refractivity contribution < 1.29 is 0 Å². The molecular weight excluding hydrogens is 250 g/mol. The Bertz CT molecular complexity index is 462. The Balaban J connectivity index is 1.82. The third-order valence-corrected chi connectivity index (χ3v) is 4.57. The van der Waals surface area contributed by atoms with Crippen LogP contribution in [0.2, 0.25) is 0 Å². The number of fused-ring (bicyclic) bond motifs is 1. The Morgan fingerprint density at radius 3 is 3.00 bits per heavy atom. The van der Waals surface area contributed by atoms with Crippen LogP contribution in [0, 0.1) is 5.92 Å². The van der Waals surface area contributed by atoms with Gasteiger partial charge in [0, 0.05) is 25.2 Å². The van der Waals surface area contributed by atoms with Crippen molar-refractivity contribution >= 4 is 17.6 Å². The van der Waals surface area contributed by atoms with Gasteiger partial charge in [0.1, 0.15) is 11.6 Å². The highest BCUT2D eigenvalue weighted by Crippen LogP contribution is 2.38. The van der Waals surface area contributed by atoms with Crippen molar-refractivity contribution in [2.24, 2.45) is 5.92 Å². The van der Waals surface area contributed by atoms with Crippen LogP contribution < -0.4 is 16.0 Å². The van der Waals surface area contributed by atoms with Gasteiger partial charge in [0.05, 0.1) is 0 Å². The SMILES string of the molecule is CCCNc1cc(N2CCCC3CCCC32)nc(N)n1. The van der Waals surface area contributed by atoms with E-state index in [1.165, 1.54) is 32.1 Å². The van der Waals surface area contributed by atoms with Crippen LogP contribution >= 0.6 is 0 Å². The Labute approximate surface area is 121 Å². The predicted molar refractivity (Wildman–Crippen MR) is 82.9 cm³/mol. The van der Waals surface area contributed by atoms with Gasteiger partial charge in [-0.25, -0.2) is 0 Å². The molecule has 2 fully saturated rings. The fraction of sp³-hybridized carbons (Fsp3) is 0.733. The molecule has 0 radical (unpaired) electrons. The lowest BCUT2D eigenvalue weighted by molar-refractivity contribution is 0.360. The molecular formula is C15H25N5. The molecule has 2 atom stereocenters. The van der Waals surface area contributed by atoms with E-state index in [-0.39, 0.29) is 0 Å². The monoisotopic (exact) mass is 275 g/mol. The van der Waals surface area contributed by atoms with Crippen molar-refractivity contribution in [3.05, 3.63) is 6.07 Å². The van der Waals surface area contributed by atoms with Crippen molar-refractivity contribution in [2.45, 2.75) is 51.5 Å². The Hall–Kier alpha value is -1.52. The van der Waals surface area contributed by atoms with Gasteiger partial charge >= 0.3 is 0 Å². The van der Waals surface area contributed by atoms with E-state index in [4.69, 9.17) is 5.73 Å². The first-order chi connectivity index (χ1) is 9.78. The second-order valence-electron chi connectivity index (χ2n) is 5.99. The molecule has 20 heavy (non-hydrogen) atoms. The zero-order valence-corrected chi connectivity index (χ0v) is 12.3. The van der Waals surface area contributed by atoms with E-state index >= 15 is 0 Å². The summed E-state index contributed by atoms with van der Waals surface area (Å²) >= 11 is 0. The summed E-state index contributed by atoms with van der Waals surface area (Å²) in [4.78, 5) is 11.2. The van der Waals surface area contributed by atoms with Gasteiger partial charge in [-0.1, -0.05) is 13.3 Å². The number of nitrogens with zero attached hydrogens (tertiary/aromatic N) is 3. The van der Waals surface area contributed by atoms with Gasteiger partial charge in [-0.15, -0.1) is 0 Å². The topological polar surface area (TPSA) is 67.1 Å². The summed E-state index contributed by atoms with van der Waals surface area (Å²) < 4.78 is 0. The average molecular weight is 275 g/mol. The van der Waals surface area contributed by atoms with E-state index in [9.17, 15) is 0 Å². The zero-order chi connectivity index (χ0) is 13.9. The molecule has 5 heteroatoms. The first-order valence-electron chi connectivity index (χ1n) is 7.93. The van der Waals surface area contributed by atoms with E-state index in [2.05, 4.69) is 33.2 Å². The van der Waals surface area contributed by atoms with Crippen LogP contribution in [-0.4, -0.2) is 29.1 Å². The first kappa shape index (κ1) is 13.5. The number of rotatable bonds is 4. The molecule has 1 aromatic heterocycles. The van der Waals surface area contributed by atoms with Gasteiger partial charge in [-0.3, -0.25) is 0 Å². The number of anilines is 3. The number of nitrogens with one attached hydrogen (secondary N) is 1. The molecule has 1 saturated heterocycles. The van der Waals surface area contributed by atoms with E-state index < -0.39 is 0 Å². The summed E-state index contributed by atoms with van der Waals surface area (Å²) in [5, 5.41) is 3.32. The van der Waals surface area contributed by atoms with Crippen molar-refractivity contribution in [1.82, 2.24) is 9.97 Å². The van der Waals surface area contributed by atoms with Crippen LogP contribution in [0.4, 0.5) is 17.6 Å². The highest BCUT2D eigenvalue weighted by atomic mass is 15.3. The molecule has 110 valence electrons. The summed E-state index contributed by atoms with van der Waals surface area (Å²) in [7, 11) is 0. The number of piperidine rings is 1. The number of aromatic nitrogens is 2. The van der Waals surface area contributed by atoms with Gasteiger partial charge in [0.15, 0.2) is 0 Å². The highest BCUT2D eigenvalue weighted by Gasteiger charge is 2.35. The number of nitrogen functional groups attached to an aromatic ring is 1. The number of nitrogens with two attached hydrogens (primary N) is 1. The maximum absolute atomic E-state index is 5.89. The van der Waals surface area contributed by atoms with Gasteiger partial charge in [-0.05, 0) is 38.0 Å². The zero-order valence-electron chi connectivity index (χ0n) is 12.3. The Morgan fingerprint density at radius 2 is 2.15 bits per heavy atom. The minimum Gasteiger partial charge on any atom is -0.370 e. The molecule has 2 heterocycles. The van der Waals surface area contributed by atoms with E-state index in [0.29, 0.717) is 12.0 Å². The lowest BCUT2D eigenvalue weighted by Gasteiger charge is -2.38. The largest absolute Gasteiger partial charge is 0.370 e. The predicted octanol–water partition coefficient (Wildman–Crippen LogP) is 2.65. The van der Waals surface area contributed by atoms with E-state index in [1.54, 1.807) is 0 Å². The molecule has 0 amide bonds. The van der Waals surface area contributed by atoms with Crippen LogP contribution in [0.5, 0.6) is 0 Å². The molecule has 3 N–H and O–H groups in total. The fourth-order valence-electron chi connectivity index (χ4n) is 3.68. The van der Waals surface area contributed by atoms with E-state index in [1.807, 2.05) is 0 Å². The third kappa shape index (κ3) is 2.67. The van der Waals surface area contributed by atoms with Crippen molar-refractivity contribution in [1.29, 1.82) is 0 Å². The smallest absolute Gasteiger partial charge is 0.223 e. The molecule has 2 unspecified atom stereocenters. The Kier molecular flexibility index (Phi) is 3.94. The van der Waals surface area contributed by atoms with Gasteiger partial charge in [0.2, 0.25) is 5.95 Å². The van der Waals surface area contributed by atoms with Gasteiger partial charge in [0.25, 0.3) is 0 Å². The molecule has 0 spiro atoms. The lowest BCUT2D eigenvalue weighted by atomic mass is 9.92. The minimum absolute atomic E-state index is 0.376. The summed E-state index contributed by atoms with van der Waals surface area (Å²) in [5.74, 6) is 3.09. The first-order valence-corrected chi connectivity index (χ1v) is 7.93. The van der Waals surface area contributed by atoms with Crippen molar-refractivity contribution in [3.63, 3.8) is 0 Å². The maximum Gasteiger partial charge on any atom is 0.223 e. The quantitative estimate of drug-likeness (QED) is 0.884. The van der Waals surface area contributed by atoms with Crippen LogP contribution in [-0.2, 0) is 0 Å². The molecule has 1 saturated carbocycles. The summed E-state index contributed by atoms with van der Waals surface area (Å²) in [6.07, 6.45) is 7.75. The second-order valence-corrected chi connectivity index (χ2v) is 5.99. The normalized spacial score (nSPS) is 25.6. The van der Waals surface area contributed by atoms with E-state index in [0.717, 1.165) is 37.1 Å². The summed E-state index contributed by atoms with van der Waals surface area (Å²) in [6, 6.07) is 2.73. The molecule has 0 aromatic carbocycles. The molecule has 1 aromatic rings. The van der Waals surface area contributed by atoms with Gasteiger partial charge in [-0.2, -0.15) is 9.97 Å². The highest BCUT2D eigenvalue weighted by molar-refractivity contribution is 5.53. The van der Waals surface area contributed by atoms with Crippen molar-refractivity contribution in [2.75, 3.05) is 29.0 Å². The summed E-state index contributed by atoms with van der Waals surface area (Å²) in [6.45, 7) is 4.17. The van der Waals surface area contributed by atoms with Crippen LogP contribution in [0.1, 0.15) is 45.4 Å². The number of hydrogen-bond donors (Lipinski definition) is 2. The molecule has 1 aliphatic heterocycles. The third-order valence-electron chi connectivity index (χ3n) is 4.57.